The number of carbonyl (C=O) groups excluding carboxylic acids is 2. The van der Waals surface area contributed by atoms with Crippen LogP contribution in [0.1, 0.15) is 54.4 Å². The molecule has 1 aromatic carbocycles. The molecular weight excluding hydrogens is 375 g/mol. The van der Waals surface area contributed by atoms with Crippen LogP contribution in [0.3, 0.4) is 0 Å². The Morgan fingerprint density at radius 2 is 1.89 bits per heavy atom. The molecule has 1 fully saturated rings. The molecule has 0 aliphatic heterocycles. The number of amides is 2. The van der Waals surface area contributed by atoms with Crippen LogP contribution in [0.15, 0.2) is 41.1 Å². The molecule has 1 saturated carbocycles. The maximum Gasteiger partial charge on any atom is 0.252 e. The third-order valence-electron chi connectivity index (χ3n) is 5.28. The second-order valence-corrected chi connectivity index (χ2v) is 8.05. The number of benzene rings is 1. The summed E-state index contributed by atoms with van der Waals surface area (Å²) in [6.07, 6.45) is 6.26. The van der Waals surface area contributed by atoms with Gasteiger partial charge in [0.25, 0.3) is 5.91 Å². The summed E-state index contributed by atoms with van der Waals surface area (Å²) in [7, 11) is 0. The lowest BCUT2D eigenvalue weighted by molar-refractivity contribution is -0.133. The molecule has 2 aromatic rings. The minimum atomic E-state index is -0.239. The van der Waals surface area contributed by atoms with E-state index in [0.29, 0.717) is 37.5 Å². The highest BCUT2D eigenvalue weighted by molar-refractivity contribution is 7.08. The van der Waals surface area contributed by atoms with E-state index in [1.165, 1.54) is 36.3 Å². The average Bonchev–Trinajstić information content (AvgIpc) is 3.41. The van der Waals surface area contributed by atoms with E-state index in [1.54, 1.807) is 18.2 Å². The van der Waals surface area contributed by atoms with E-state index in [9.17, 15) is 14.0 Å². The highest BCUT2D eigenvalue weighted by atomic mass is 32.1. The Kier molecular flexibility index (Phi) is 7.60. The summed E-state index contributed by atoms with van der Waals surface area (Å²) in [4.78, 5) is 26.8. The van der Waals surface area contributed by atoms with Crippen molar-refractivity contribution in [1.29, 1.82) is 0 Å². The van der Waals surface area contributed by atoms with E-state index in [2.05, 4.69) is 5.32 Å². The normalized spacial score (nSPS) is 14.2. The van der Waals surface area contributed by atoms with Gasteiger partial charge >= 0.3 is 0 Å². The van der Waals surface area contributed by atoms with Gasteiger partial charge in [0, 0.05) is 36.5 Å². The highest BCUT2D eigenvalue weighted by Gasteiger charge is 2.26. The Morgan fingerprint density at radius 3 is 2.57 bits per heavy atom. The Hall–Kier alpha value is -2.21. The van der Waals surface area contributed by atoms with Gasteiger partial charge in [-0.25, -0.2) is 4.39 Å². The van der Waals surface area contributed by atoms with E-state index >= 15 is 0 Å². The molecule has 0 atom stereocenters. The number of thiophene rings is 1. The molecule has 2 amide bonds. The number of hydrogen-bond donors (Lipinski definition) is 1. The quantitative estimate of drug-likeness (QED) is 0.632. The number of carbonyl (C=O) groups is 2. The molecule has 0 saturated heterocycles. The van der Waals surface area contributed by atoms with Crippen molar-refractivity contribution in [2.24, 2.45) is 0 Å². The van der Waals surface area contributed by atoms with E-state index < -0.39 is 0 Å². The molecule has 1 aromatic heterocycles. The minimum Gasteiger partial charge on any atom is -0.352 e. The molecule has 0 radical (unpaired) electrons. The summed E-state index contributed by atoms with van der Waals surface area (Å²) < 4.78 is 13.1. The highest BCUT2D eigenvalue weighted by Crippen LogP contribution is 2.24. The largest absolute Gasteiger partial charge is 0.352 e. The van der Waals surface area contributed by atoms with Crippen molar-refractivity contribution in [1.82, 2.24) is 10.2 Å². The fourth-order valence-corrected chi connectivity index (χ4v) is 4.34. The molecule has 1 heterocycles. The first-order valence-corrected chi connectivity index (χ1v) is 10.9. The number of halogens is 1. The van der Waals surface area contributed by atoms with Crippen LogP contribution in [0.5, 0.6) is 0 Å². The van der Waals surface area contributed by atoms with Crippen molar-refractivity contribution < 1.29 is 14.0 Å². The summed E-state index contributed by atoms with van der Waals surface area (Å²) in [5.41, 5.74) is 1.71. The van der Waals surface area contributed by atoms with Gasteiger partial charge in [-0.15, -0.1) is 0 Å². The van der Waals surface area contributed by atoms with Gasteiger partial charge in [-0.3, -0.25) is 9.59 Å². The van der Waals surface area contributed by atoms with E-state index in [0.717, 1.165) is 24.8 Å². The molecule has 28 heavy (non-hydrogen) atoms. The minimum absolute atomic E-state index is 0.0855. The average molecular weight is 403 g/mol. The monoisotopic (exact) mass is 402 g/mol. The third kappa shape index (κ3) is 5.89. The number of nitrogens with one attached hydrogen (secondary N) is 1. The SMILES string of the molecule is O=C(NCCCC(=O)N(CCc1ccc(F)cc1)C1CCCC1)c1ccsc1. The van der Waals surface area contributed by atoms with Crippen molar-refractivity contribution in [3.63, 3.8) is 0 Å². The summed E-state index contributed by atoms with van der Waals surface area (Å²) in [5.74, 6) is -0.173. The molecule has 0 bridgehead atoms. The number of hydrogen-bond acceptors (Lipinski definition) is 3. The fraction of sp³-hybridized carbons (Fsp3) is 0.455. The van der Waals surface area contributed by atoms with Gasteiger partial charge in [0.05, 0.1) is 0 Å². The van der Waals surface area contributed by atoms with Crippen molar-refractivity contribution in [3.05, 3.63) is 58.0 Å². The second kappa shape index (κ2) is 10.4. The van der Waals surface area contributed by atoms with Crippen LogP contribution < -0.4 is 5.32 Å². The summed E-state index contributed by atoms with van der Waals surface area (Å²) in [6.45, 7) is 1.16. The first-order valence-electron chi connectivity index (χ1n) is 9.98. The van der Waals surface area contributed by atoms with E-state index in [1.807, 2.05) is 15.7 Å². The van der Waals surface area contributed by atoms with Gasteiger partial charge in [-0.05, 0) is 54.8 Å². The predicted molar refractivity (Wildman–Crippen MR) is 110 cm³/mol. The summed E-state index contributed by atoms with van der Waals surface area (Å²) >= 11 is 1.49. The van der Waals surface area contributed by atoms with Crippen molar-refractivity contribution in [2.75, 3.05) is 13.1 Å². The van der Waals surface area contributed by atoms with Gasteiger partial charge < -0.3 is 10.2 Å². The van der Waals surface area contributed by atoms with Gasteiger partial charge in [0.2, 0.25) is 5.91 Å². The van der Waals surface area contributed by atoms with E-state index in [-0.39, 0.29) is 17.6 Å². The number of rotatable bonds is 9. The van der Waals surface area contributed by atoms with E-state index in [4.69, 9.17) is 0 Å². The van der Waals surface area contributed by atoms with Crippen molar-refractivity contribution >= 4 is 23.2 Å². The predicted octanol–water partition coefficient (Wildman–Crippen LogP) is 4.41. The Balaban J connectivity index is 1.47. The lowest BCUT2D eigenvalue weighted by Crippen LogP contribution is -2.40. The molecule has 3 rings (SSSR count). The maximum atomic E-state index is 13.1. The lowest BCUT2D eigenvalue weighted by atomic mass is 10.1. The van der Waals surface area contributed by atoms with Crippen molar-refractivity contribution in [3.8, 4) is 0 Å². The molecule has 1 aliphatic carbocycles. The van der Waals surface area contributed by atoms with Crippen molar-refractivity contribution in [2.45, 2.75) is 51.0 Å². The van der Waals surface area contributed by atoms with Crippen LogP contribution >= 0.6 is 11.3 Å². The Labute approximate surface area is 169 Å². The third-order valence-corrected chi connectivity index (χ3v) is 5.96. The Bertz CT molecular complexity index is 755. The van der Waals surface area contributed by atoms with Crippen LogP contribution in [0.2, 0.25) is 0 Å². The van der Waals surface area contributed by atoms with Crippen LogP contribution in [0.25, 0.3) is 0 Å². The fourth-order valence-electron chi connectivity index (χ4n) is 3.71. The first kappa shape index (κ1) is 20.5. The van der Waals surface area contributed by atoms with Crippen LogP contribution in [-0.4, -0.2) is 35.8 Å². The zero-order chi connectivity index (χ0) is 19.8. The molecule has 150 valence electrons. The smallest absolute Gasteiger partial charge is 0.252 e. The van der Waals surface area contributed by atoms with Gasteiger partial charge in [-0.1, -0.05) is 25.0 Å². The summed E-state index contributed by atoms with van der Waals surface area (Å²) in [6, 6.07) is 8.61. The first-order chi connectivity index (χ1) is 13.6. The molecule has 1 aliphatic rings. The van der Waals surface area contributed by atoms with Gasteiger partial charge in [0.1, 0.15) is 5.82 Å². The summed E-state index contributed by atoms with van der Waals surface area (Å²) in [5, 5.41) is 6.56. The molecule has 4 nitrogen and oxygen atoms in total. The topological polar surface area (TPSA) is 49.4 Å². The Morgan fingerprint density at radius 1 is 1.14 bits per heavy atom. The van der Waals surface area contributed by atoms with Crippen LogP contribution in [0, 0.1) is 5.82 Å². The number of nitrogens with zero attached hydrogens (tertiary/aromatic N) is 1. The van der Waals surface area contributed by atoms with Gasteiger partial charge in [-0.2, -0.15) is 11.3 Å². The molecular formula is C22H27FN2O2S. The zero-order valence-electron chi connectivity index (χ0n) is 16.0. The molecule has 6 heteroatoms. The zero-order valence-corrected chi connectivity index (χ0v) is 16.8. The lowest BCUT2D eigenvalue weighted by Gasteiger charge is -2.29. The van der Waals surface area contributed by atoms with Gasteiger partial charge in [0.15, 0.2) is 0 Å². The molecule has 0 spiro atoms. The molecule has 0 unspecified atom stereocenters. The molecule has 1 N–H and O–H groups in total. The van der Waals surface area contributed by atoms with Crippen LogP contribution in [0.4, 0.5) is 4.39 Å². The van der Waals surface area contributed by atoms with Crippen LogP contribution in [-0.2, 0) is 11.2 Å². The standard InChI is InChI=1S/C22H27FN2O2S/c23-19-9-7-17(8-10-19)11-14-25(20-4-1-2-5-20)21(26)6-3-13-24-22(27)18-12-15-28-16-18/h7-10,12,15-16,20H,1-6,11,13-14H2,(H,24,27). The second-order valence-electron chi connectivity index (χ2n) is 7.27. The maximum absolute atomic E-state index is 13.1.